The van der Waals surface area contributed by atoms with E-state index < -0.39 is 0 Å². The van der Waals surface area contributed by atoms with Crippen molar-refractivity contribution in [2.45, 2.75) is 39.0 Å². The normalized spacial score (nSPS) is 12.5. The average molecular weight is 311 g/mol. The monoisotopic (exact) mass is 311 g/mol. The van der Waals surface area contributed by atoms with E-state index in [9.17, 15) is 0 Å². The van der Waals surface area contributed by atoms with Gasteiger partial charge in [-0.25, -0.2) is 0 Å². The summed E-state index contributed by atoms with van der Waals surface area (Å²) in [5.41, 5.74) is 0.112. The van der Waals surface area contributed by atoms with E-state index in [1.165, 1.54) is 4.88 Å². The summed E-state index contributed by atoms with van der Waals surface area (Å²) in [5, 5.41) is 8.89. The largest absolute Gasteiger partial charge is 0.382 e. The molecule has 0 aliphatic heterocycles. The Morgan fingerprint density at radius 2 is 2.14 bits per heavy atom. The SMILES string of the molecule is CCOCCCCNC(=NC)NCC(C)(C)c1cccs1. The summed E-state index contributed by atoms with van der Waals surface area (Å²) in [6, 6.07) is 4.30. The number of hydrogen-bond donors (Lipinski definition) is 2. The molecular weight excluding hydrogens is 282 g/mol. The minimum Gasteiger partial charge on any atom is -0.382 e. The first-order valence-electron chi connectivity index (χ1n) is 7.66. The Kier molecular flexibility index (Phi) is 8.38. The third-order valence-corrected chi connectivity index (χ3v) is 4.56. The van der Waals surface area contributed by atoms with Gasteiger partial charge >= 0.3 is 0 Å². The van der Waals surface area contributed by atoms with Crippen LogP contribution in [0, 0.1) is 0 Å². The van der Waals surface area contributed by atoms with Crippen molar-refractivity contribution in [2.75, 3.05) is 33.4 Å². The second-order valence-corrected chi connectivity index (χ2v) is 6.57. The summed E-state index contributed by atoms with van der Waals surface area (Å²) in [6.45, 7) is 9.96. The van der Waals surface area contributed by atoms with Gasteiger partial charge in [0.25, 0.3) is 0 Å². The molecule has 5 heteroatoms. The van der Waals surface area contributed by atoms with Gasteiger partial charge in [0.15, 0.2) is 5.96 Å². The average Bonchev–Trinajstić information content (AvgIpc) is 3.01. The lowest BCUT2D eigenvalue weighted by Crippen LogP contribution is -2.43. The van der Waals surface area contributed by atoms with Crippen molar-refractivity contribution < 1.29 is 4.74 Å². The number of ether oxygens (including phenoxy) is 1. The predicted octanol–water partition coefficient (Wildman–Crippen LogP) is 3.01. The van der Waals surface area contributed by atoms with Crippen molar-refractivity contribution >= 4 is 17.3 Å². The van der Waals surface area contributed by atoms with Crippen molar-refractivity contribution in [1.82, 2.24) is 10.6 Å². The van der Waals surface area contributed by atoms with Crippen LogP contribution in [-0.4, -0.2) is 39.3 Å². The molecule has 1 heterocycles. The molecule has 0 atom stereocenters. The fraction of sp³-hybridized carbons (Fsp3) is 0.688. The number of aliphatic imine (C=N–C) groups is 1. The zero-order chi connectivity index (χ0) is 15.6. The number of thiophene rings is 1. The molecule has 0 amide bonds. The Balaban J connectivity index is 2.25. The number of hydrogen-bond acceptors (Lipinski definition) is 3. The third kappa shape index (κ3) is 6.96. The van der Waals surface area contributed by atoms with Crippen LogP contribution in [0.5, 0.6) is 0 Å². The Bertz CT molecular complexity index is 402. The van der Waals surface area contributed by atoms with Gasteiger partial charge in [-0.1, -0.05) is 19.9 Å². The lowest BCUT2D eigenvalue weighted by molar-refractivity contribution is 0.143. The minimum atomic E-state index is 0.112. The summed E-state index contributed by atoms with van der Waals surface area (Å²) < 4.78 is 5.33. The molecule has 0 aromatic carbocycles. The standard InChI is InChI=1S/C16H29N3OS/c1-5-20-11-7-6-10-18-15(17-4)19-13-16(2,3)14-9-8-12-21-14/h8-9,12H,5-7,10-11,13H2,1-4H3,(H2,17,18,19). The molecule has 0 saturated heterocycles. The van der Waals surface area contributed by atoms with Gasteiger partial charge < -0.3 is 15.4 Å². The molecule has 0 radical (unpaired) electrons. The first-order valence-corrected chi connectivity index (χ1v) is 8.54. The van der Waals surface area contributed by atoms with Crippen molar-refractivity contribution in [1.29, 1.82) is 0 Å². The summed E-state index contributed by atoms with van der Waals surface area (Å²) >= 11 is 1.80. The number of nitrogens with one attached hydrogen (secondary N) is 2. The van der Waals surface area contributed by atoms with E-state index in [0.717, 1.165) is 45.1 Å². The van der Waals surface area contributed by atoms with Gasteiger partial charge in [-0.3, -0.25) is 4.99 Å². The maximum Gasteiger partial charge on any atom is 0.191 e. The molecule has 1 aromatic rings. The molecule has 1 rings (SSSR count). The highest BCUT2D eigenvalue weighted by Gasteiger charge is 2.21. The van der Waals surface area contributed by atoms with Crippen LogP contribution in [0.1, 0.15) is 38.5 Å². The van der Waals surface area contributed by atoms with E-state index in [1.54, 1.807) is 11.3 Å². The van der Waals surface area contributed by atoms with Crippen LogP contribution >= 0.6 is 11.3 Å². The Labute approximate surface area is 133 Å². The van der Waals surface area contributed by atoms with Gasteiger partial charge in [-0.2, -0.15) is 0 Å². The van der Waals surface area contributed by atoms with Crippen LogP contribution in [-0.2, 0) is 10.2 Å². The first kappa shape index (κ1) is 18.0. The Morgan fingerprint density at radius 1 is 1.33 bits per heavy atom. The molecule has 120 valence electrons. The van der Waals surface area contributed by atoms with Gasteiger partial charge in [0.2, 0.25) is 0 Å². The zero-order valence-electron chi connectivity index (χ0n) is 13.7. The number of unbranched alkanes of at least 4 members (excludes halogenated alkanes) is 1. The van der Waals surface area contributed by atoms with Gasteiger partial charge in [0.1, 0.15) is 0 Å². The molecule has 21 heavy (non-hydrogen) atoms. The number of nitrogens with zero attached hydrogens (tertiary/aromatic N) is 1. The highest BCUT2D eigenvalue weighted by atomic mass is 32.1. The molecule has 4 nitrogen and oxygen atoms in total. The molecular formula is C16H29N3OS. The summed E-state index contributed by atoms with van der Waals surface area (Å²) in [6.07, 6.45) is 2.17. The fourth-order valence-electron chi connectivity index (χ4n) is 1.96. The number of guanidine groups is 1. The smallest absolute Gasteiger partial charge is 0.191 e. The molecule has 0 aliphatic rings. The Morgan fingerprint density at radius 3 is 2.76 bits per heavy atom. The molecule has 0 unspecified atom stereocenters. The second-order valence-electron chi connectivity index (χ2n) is 5.62. The molecule has 1 aromatic heterocycles. The second kappa shape index (κ2) is 9.79. The van der Waals surface area contributed by atoms with Crippen LogP contribution in [0.3, 0.4) is 0 Å². The quantitative estimate of drug-likeness (QED) is 0.419. The molecule has 2 N–H and O–H groups in total. The summed E-state index contributed by atoms with van der Waals surface area (Å²) in [7, 11) is 1.81. The predicted molar refractivity (Wildman–Crippen MR) is 92.4 cm³/mol. The summed E-state index contributed by atoms with van der Waals surface area (Å²) in [5.74, 6) is 0.871. The van der Waals surface area contributed by atoms with Crippen LogP contribution < -0.4 is 10.6 Å². The third-order valence-electron chi connectivity index (χ3n) is 3.32. The number of rotatable bonds is 9. The van der Waals surface area contributed by atoms with Gasteiger partial charge in [0, 0.05) is 43.6 Å². The maximum atomic E-state index is 5.33. The molecule has 0 spiro atoms. The highest BCUT2D eigenvalue weighted by molar-refractivity contribution is 7.10. The van der Waals surface area contributed by atoms with Crippen LogP contribution in [0.15, 0.2) is 22.5 Å². The van der Waals surface area contributed by atoms with E-state index in [-0.39, 0.29) is 5.41 Å². The Hall–Kier alpha value is -1.07. The van der Waals surface area contributed by atoms with Crippen LogP contribution in [0.4, 0.5) is 0 Å². The van der Waals surface area contributed by atoms with E-state index in [2.05, 4.69) is 47.0 Å². The van der Waals surface area contributed by atoms with Crippen molar-refractivity contribution in [3.8, 4) is 0 Å². The molecule has 0 bridgehead atoms. The van der Waals surface area contributed by atoms with Gasteiger partial charge in [-0.05, 0) is 31.2 Å². The van der Waals surface area contributed by atoms with E-state index in [4.69, 9.17) is 4.74 Å². The highest BCUT2D eigenvalue weighted by Crippen LogP contribution is 2.26. The van der Waals surface area contributed by atoms with E-state index >= 15 is 0 Å². The maximum absolute atomic E-state index is 5.33. The van der Waals surface area contributed by atoms with E-state index in [0.29, 0.717) is 0 Å². The topological polar surface area (TPSA) is 45.6 Å². The lowest BCUT2D eigenvalue weighted by Gasteiger charge is -2.25. The van der Waals surface area contributed by atoms with Gasteiger partial charge in [-0.15, -0.1) is 11.3 Å². The minimum absolute atomic E-state index is 0.112. The molecule has 0 aliphatic carbocycles. The summed E-state index contributed by atoms with van der Waals surface area (Å²) in [4.78, 5) is 5.66. The molecule has 0 fully saturated rings. The van der Waals surface area contributed by atoms with Crippen molar-refractivity contribution in [2.24, 2.45) is 4.99 Å². The fourth-order valence-corrected chi connectivity index (χ4v) is 2.81. The van der Waals surface area contributed by atoms with Crippen molar-refractivity contribution in [3.63, 3.8) is 0 Å². The van der Waals surface area contributed by atoms with Crippen molar-refractivity contribution in [3.05, 3.63) is 22.4 Å². The van der Waals surface area contributed by atoms with Crippen LogP contribution in [0.2, 0.25) is 0 Å². The van der Waals surface area contributed by atoms with Gasteiger partial charge in [0.05, 0.1) is 0 Å². The zero-order valence-corrected chi connectivity index (χ0v) is 14.6. The van der Waals surface area contributed by atoms with E-state index in [1.807, 2.05) is 14.0 Å². The first-order chi connectivity index (χ1) is 10.1. The van der Waals surface area contributed by atoms with Crippen LogP contribution in [0.25, 0.3) is 0 Å². The molecule has 0 saturated carbocycles. The lowest BCUT2D eigenvalue weighted by atomic mass is 9.91.